The van der Waals surface area contributed by atoms with Crippen LogP contribution in [0.3, 0.4) is 0 Å². The maximum atomic E-state index is 13.2. The highest BCUT2D eigenvalue weighted by molar-refractivity contribution is 8.14. The van der Waals surface area contributed by atoms with Crippen molar-refractivity contribution in [3.8, 4) is 0 Å². The topological polar surface area (TPSA) is 252 Å². The average molecular weight is 640 g/mol. The first-order valence-electron chi connectivity index (χ1n) is 12.5. The summed E-state index contributed by atoms with van der Waals surface area (Å²) in [7, 11) is 0. The van der Waals surface area contributed by atoms with Crippen LogP contribution < -0.4 is 22.5 Å². The van der Waals surface area contributed by atoms with Crippen LogP contribution in [0.1, 0.15) is 26.0 Å². The van der Waals surface area contributed by atoms with Crippen LogP contribution in [0.4, 0.5) is 5.13 Å². The number of carbonyl (C=O) groups is 4. The molecular formula is C23H29N9O7S3. The molecule has 42 heavy (non-hydrogen) atoms. The van der Waals surface area contributed by atoms with Crippen LogP contribution in [0.25, 0.3) is 0 Å². The summed E-state index contributed by atoms with van der Waals surface area (Å²) in [6.07, 6.45) is 0.615. The fourth-order valence-electron chi connectivity index (χ4n) is 4.14. The SMILES string of the molecule is CCCN1C(SCC2=C(C(=O)O)N3C(=O)C(NC(=O)/C(=N\OC(C)C(=O)O)c4csc(N)n4)[C@@H]3SC2)=NC(N)=CC1N. The number of nitrogen functional groups attached to an aromatic ring is 1. The molecule has 0 radical (unpaired) electrons. The van der Waals surface area contributed by atoms with E-state index in [1.165, 1.54) is 35.8 Å². The van der Waals surface area contributed by atoms with Crippen molar-refractivity contribution in [3.63, 3.8) is 0 Å². The van der Waals surface area contributed by atoms with Gasteiger partial charge in [0.25, 0.3) is 11.8 Å². The van der Waals surface area contributed by atoms with Crippen LogP contribution in [0.5, 0.6) is 0 Å². The van der Waals surface area contributed by atoms with Crippen LogP contribution >= 0.6 is 34.9 Å². The van der Waals surface area contributed by atoms with Crippen LogP contribution in [-0.4, -0.2) is 101 Å². The smallest absolute Gasteiger partial charge is 0.352 e. The molecule has 226 valence electrons. The number of carboxylic acids is 2. The number of hydrogen-bond acceptors (Lipinski definition) is 15. The Labute approximate surface area is 252 Å². The molecule has 4 rings (SSSR count). The van der Waals surface area contributed by atoms with Crippen LogP contribution in [0.2, 0.25) is 0 Å². The Morgan fingerprint density at radius 3 is 2.69 bits per heavy atom. The van der Waals surface area contributed by atoms with E-state index in [2.05, 4.69) is 20.4 Å². The number of rotatable bonds is 11. The van der Waals surface area contributed by atoms with Gasteiger partial charge in [-0.1, -0.05) is 23.8 Å². The van der Waals surface area contributed by atoms with E-state index in [-0.39, 0.29) is 39.6 Å². The van der Waals surface area contributed by atoms with E-state index in [1.807, 2.05) is 11.8 Å². The number of aliphatic imine (C=N–C) groups is 1. The number of nitrogens with one attached hydrogen (secondary N) is 1. The van der Waals surface area contributed by atoms with Gasteiger partial charge in [-0.3, -0.25) is 14.5 Å². The molecule has 0 aliphatic carbocycles. The lowest BCUT2D eigenvalue weighted by molar-refractivity contribution is -0.150. The van der Waals surface area contributed by atoms with Gasteiger partial charge < -0.3 is 42.5 Å². The van der Waals surface area contributed by atoms with Gasteiger partial charge in [0.2, 0.25) is 6.10 Å². The lowest BCUT2D eigenvalue weighted by Gasteiger charge is -2.49. The van der Waals surface area contributed by atoms with Crippen molar-refractivity contribution in [1.29, 1.82) is 0 Å². The second kappa shape index (κ2) is 13.0. The van der Waals surface area contributed by atoms with E-state index < -0.39 is 47.4 Å². The Morgan fingerprint density at radius 2 is 2.07 bits per heavy atom. The van der Waals surface area contributed by atoms with Gasteiger partial charge in [0.05, 0.1) is 0 Å². The van der Waals surface area contributed by atoms with Gasteiger partial charge in [0.1, 0.15) is 34.8 Å². The molecule has 4 atom stereocenters. The van der Waals surface area contributed by atoms with Gasteiger partial charge in [-0.2, -0.15) is 0 Å². The summed E-state index contributed by atoms with van der Waals surface area (Å²) in [4.78, 5) is 66.1. The monoisotopic (exact) mass is 639 g/mol. The number of amides is 2. The molecule has 0 aromatic carbocycles. The van der Waals surface area contributed by atoms with Crippen molar-refractivity contribution >= 4 is 74.6 Å². The first-order valence-corrected chi connectivity index (χ1v) is 15.4. The average Bonchev–Trinajstić information content (AvgIpc) is 3.36. The fourth-order valence-corrected chi connectivity index (χ4v) is 7.25. The molecule has 1 aromatic rings. The van der Waals surface area contributed by atoms with Gasteiger partial charge in [-0.05, 0) is 25.0 Å². The first kappa shape index (κ1) is 31.1. The molecule has 0 spiro atoms. The quantitative estimate of drug-likeness (QED) is 0.102. The lowest BCUT2D eigenvalue weighted by atomic mass is 10.0. The molecule has 9 N–H and O–H groups in total. The Balaban J connectivity index is 1.50. The van der Waals surface area contributed by atoms with E-state index in [0.717, 1.165) is 22.7 Å². The van der Waals surface area contributed by atoms with Crippen molar-refractivity contribution in [1.82, 2.24) is 20.1 Å². The molecule has 2 amide bonds. The minimum atomic E-state index is -1.37. The lowest BCUT2D eigenvalue weighted by Crippen LogP contribution is -2.71. The molecular weight excluding hydrogens is 611 g/mol. The number of hydrogen-bond donors (Lipinski definition) is 6. The number of oxime groups is 1. The van der Waals surface area contributed by atoms with Gasteiger partial charge in [-0.15, -0.1) is 23.1 Å². The summed E-state index contributed by atoms with van der Waals surface area (Å²) in [5, 5.41) is 26.7. The third kappa shape index (κ3) is 6.48. The predicted octanol–water partition coefficient (Wildman–Crippen LogP) is -0.443. The molecule has 4 heterocycles. The predicted molar refractivity (Wildman–Crippen MR) is 158 cm³/mol. The van der Waals surface area contributed by atoms with E-state index in [1.54, 1.807) is 6.08 Å². The molecule has 19 heteroatoms. The third-order valence-electron chi connectivity index (χ3n) is 6.18. The van der Waals surface area contributed by atoms with Crippen LogP contribution in [0, 0.1) is 0 Å². The largest absolute Gasteiger partial charge is 0.478 e. The zero-order chi connectivity index (χ0) is 30.7. The number of anilines is 1. The summed E-state index contributed by atoms with van der Waals surface area (Å²) < 4.78 is 0. The molecule has 3 unspecified atom stereocenters. The number of carbonyl (C=O) groups excluding carboxylic acids is 2. The highest BCUT2D eigenvalue weighted by atomic mass is 32.2. The highest BCUT2D eigenvalue weighted by Gasteiger charge is 2.54. The fraction of sp³-hybridized carbons (Fsp3) is 0.435. The maximum absolute atomic E-state index is 13.2. The van der Waals surface area contributed by atoms with Crippen molar-refractivity contribution in [2.24, 2.45) is 21.6 Å². The molecule has 0 saturated carbocycles. The first-order chi connectivity index (χ1) is 19.9. The maximum Gasteiger partial charge on any atom is 0.352 e. The van der Waals surface area contributed by atoms with Crippen molar-refractivity contribution < 1.29 is 34.2 Å². The highest BCUT2D eigenvalue weighted by Crippen LogP contribution is 2.41. The number of β-lactam (4-membered cyclic amide) rings is 1. The van der Waals surface area contributed by atoms with Gasteiger partial charge >= 0.3 is 11.9 Å². The summed E-state index contributed by atoms with van der Waals surface area (Å²) in [6, 6.07) is -1.07. The number of aromatic nitrogens is 1. The molecule has 1 saturated heterocycles. The summed E-state index contributed by atoms with van der Waals surface area (Å²) >= 11 is 3.59. The Morgan fingerprint density at radius 1 is 1.33 bits per heavy atom. The van der Waals surface area contributed by atoms with Gasteiger partial charge in [0.15, 0.2) is 16.0 Å². The molecule has 16 nitrogen and oxygen atoms in total. The molecule has 3 aliphatic rings. The number of thioether (sulfide) groups is 2. The Bertz CT molecular complexity index is 1410. The van der Waals surface area contributed by atoms with Crippen molar-refractivity contribution in [2.45, 2.75) is 44.0 Å². The summed E-state index contributed by atoms with van der Waals surface area (Å²) in [6.45, 7) is 3.85. The van der Waals surface area contributed by atoms with E-state index in [9.17, 15) is 24.3 Å². The Hall–Kier alpha value is -3.81. The number of nitrogens with zero attached hydrogens (tertiary/aromatic N) is 5. The van der Waals surface area contributed by atoms with Gasteiger partial charge in [-0.25, -0.2) is 19.6 Å². The standard InChI is InChI=1S/C23H29N9O7S3/c1-3-4-31-13(25)5-12(24)28-23(31)42-7-10-6-40-19-15(18(34)32(19)16(10)21(37)38)29-17(33)14(11-8-41-22(26)27-11)30-39-9(2)20(35)36/h5,8-9,13,15,19H,3-4,6-7,24-25H2,1-2H3,(H2,26,27)(H,29,33)(H,35,36)(H,37,38)/b30-14-/t9?,13?,15?,19-/m0/s1. The number of thiazole rings is 1. The molecule has 1 fully saturated rings. The van der Waals surface area contributed by atoms with E-state index in [0.29, 0.717) is 17.3 Å². The number of carboxylic acid groups (broad SMARTS) is 2. The second-order valence-electron chi connectivity index (χ2n) is 9.17. The van der Waals surface area contributed by atoms with Gasteiger partial charge in [0, 0.05) is 23.4 Å². The Kier molecular flexibility index (Phi) is 9.64. The number of aliphatic carboxylic acids is 2. The summed E-state index contributed by atoms with van der Waals surface area (Å²) in [5.41, 5.74) is 17.7. The zero-order valence-electron chi connectivity index (χ0n) is 22.4. The second-order valence-corrected chi connectivity index (χ2v) is 12.1. The minimum absolute atomic E-state index is 0.0240. The third-order valence-corrected chi connectivity index (χ3v) is 9.27. The van der Waals surface area contributed by atoms with Crippen molar-refractivity contribution in [2.75, 3.05) is 23.8 Å². The van der Waals surface area contributed by atoms with E-state index in [4.69, 9.17) is 27.1 Å². The number of amidine groups is 1. The summed E-state index contributed by atoms with van der Waals surface area (Å²) in [5.74, 6) is -3.32. The normalized spacial score (nSPS) is 23.0. The molecule has 3 aliphatic heterocycles. The zero-order valence-corrected chi connectivity index (χ0v) is 24.9. The van der Waals surface area contributed by atoms with Crippen molar-refractivity contribution in [3.05, 3.63) is 34.2 Å². The minimum Gasteiger partial charge on any atom is -0.478 e. The number of nitrogens with two attached hydrogens (primary N) is 3. The van der Waals surface area contributed by atoms with Crippen LogP contribution in [-0.2, 0) is 24.0 Å². The number of fused-ring (bicyclic) bond motifs is 1. The molecule has 1 aromatic heterocycles. The van der Waals surface area contributed by atoms with Crippen LogP contribution in [0.15, 0.2) is 38.7 Å². The van der Waals surface area contributed by atoms with E-state index >= 15 is 0 Å². The molecule has 0 bridgehead atoms.